The van der Waals surface area contributed by atoms with Crippen LogP contribution in [0.4, 0.5) is 0 Å². The molecule has 0 aliphatic rings. The Labute approximate surface area is 157 Å². The highest BCUT2D eigenvalue weighted by molar-refractivity contribution is 5.44. The van der Waals surface area contributed by atoms with Crippen molar-refractivity contribution in [2.24, 2.45) is 0 Å². The van der Waals surface area contributed by atoms with Crippen molar-refractivity contribution in [2.75, 3.05) is 19.7 Å². The summed E-state index contributed by atoms with van der Waals surface area (Å²) < 4.78 is 5.94. The maximum atomic E-state index is 10.5. The Balaban J connectivity index is 1.96. The molecule has 1 atom stereocenters. The van der Waals surface area contributed by atoms with Crippen LogP contribution < -0.4 is 4.74 Å². The van der Waals surface area contributed by atoms with E-state index in [1.807, 2.05) is 38.1 Å². The van der Waals surface area contributed by atoms with Crippen LogP contribution in [0.5, 0.6) is 11.5 Å². The lowest BCUT2D eigenvalue weighted by Crippen LogP contribution is -2.36. The van der Waals surface area contributed by atoms with Crippen LogP contribution in [0.15, 0.2) is 36.4 Å². The van der Waals surface area contributed by atoms with E-state index in [1.165, 1.54) is 5.56 Å². The number of aliphatic hydroxyl groups excluding tert-OH is 1. The van der Waals surface area contributed by atoms with Crippen LogP contribution in [0.2, 0.25) is 0 Å². The minimum absolute atomic E-state index is 0.256. The van der Waals surface area contributed by atoms with Crippen molar-refractivity contribution in [2.45, 2.75) is 46.8 Å². The fraction of sp³-hybridized carbons (Fsp3) is 0.455. The monoisotopic (exact) mass is 357 g/mol. The Morgan fingerprint density at radius 1 is 1.04 bits per heavy atom. The third-order valence-corrected chi connectivity index (χ3v) is 4.69. The van der Waals surface area contributed by atoms with E-state index in [1.54, 1.807) is 6.07 Å². The minimum atomic E-state index is -0.591. The zero-order chi connectivity index (χ0) is 19.1. The van der Waals surface area contributed by atoms with Crippen LogP contribution >= 0.6 is 0 Å². The van der Waals surface area contributed by atoms with Gasteiger partial charge in [-0.15, -0.1) is 0 Å². The van der Waals surface area contributed by atoms with Gasteiger partial charge in [-0.3, -0.25) is 4.90 Å². The summed E-state index contributed by atoms with van der Waals surface area (Å²) in [6.07, 6.45) is 0.392. The molecule has 0 radical (unpaired) electrons. The van der Waals surface area contributed by atoms with Gasteiger partial charge in [0.1, 0.15) is 24.2 Å². The van der Waals surface area contributed by atoms with Gasteiger partial charge in [-0.05, 0) is 56.5 Å². The van der Waals surface area contributed by atoms with Gasteiger partial charge in [0.25, 0.3) is 0 Å². The summed E-state index contributed by atoms with van der Waals surface area (Å²) in [5.41, 5.74) is 4.27. The van der Waals surface area contributed by atoms with Crippen molar-refractivity contribution in [3.8, 4) is 11.5 Å². The van der Waals surface area contributed by atoms with Crippen molar-refractivity contribution in [1.29, 1.82) is 0 Å². The Bertz CT molecular complexity index is 715. The molecule has 0 bridgehead atoms. The Kier molecular flexibility index (Phi) is 7.49. The van der Waals surface area contributed by atoms with Gasteiger partial charge in [-0.25, -0.2) is 0 Å². The molecule has 0 saturated heterocycles. The lowest BCUT2D eigenvalue weighted by Gasteiger charge is -2.25. The summed E-state index contributed by atoms with van der Waals surface area (Å²) in [6.45, 7) is 10.5. The summed E-state index contributed by atoms with van der Waals surface area (Å²) in [5.74, 6) is 1.16. The van der Waals surface area contributed by atoms with Gasteiger partial charge >= 0.3 is 0 Å². The first-order chi connectivity index (χ1) is 12.4. The zero-order valence-corrected chi connectivity index (χ0v) is 16.3. The van der Waals surface area contributed by atoms with E-state index in [0.29, 0.717) is 18.8 Å². The SMILES string of the molecule is CCCN(Cc1ccccc1O)CC(O)COc1c(C)ccc(C)c1C. The predicted molar refractivity (Wildman–Crippen MR) is 106 cm³/mol. The van der Waals surface area contributed by atoms with Crippen LogP contribution in [0, 0.1) is 20.8 Å². The molecule has 2 aromatic carbocycles. The summed E-state index contributed by atoms with van der Waals surface area (Å²) in [7, 11) is 0. The number of nitrogens with zero attached hydrogens (tertiary/aromatic N) is 1. The summed E-state index contributed by atoms with van der Waals surface area (Å²) in [5, 5.41) is 20.5. The number of ether oxygens (including phenoxy) is 1. The first kappa shape index (κ1) is 20.3. The fourth-order valence-electron chi connectivity index (χ4n) is 3.11. The molecule has 0 aliphatic heterocycles. The Hall–Kier alpha value is -2.04. The van der Waals surface area contributed by atoms with Crippen molar-refractivity contribution in [3.63, 3.8) is 0 Å². The van der Waals surface area contributed by atoms with E-state index in [2.05, 4.69) is 24.8 Å². The van der Waals surface area contributed by atoms with Gasteiger partial charge in [0.15, 0.2) is 0 Å². The number of benzene rings is 2. The van der Waals surface area contributed by atoms with Gasteiger partial charge in [0.2, 0.25) is 0 Å². The number of aryl methyl sites for hydroxylation is 2. The normalized spacial score (nSPS) is 12.4. The van der Waals surface area contributed by atoms with E-state index in [-0.39, 0.29) is 6.61 Å². The summed E-state index contributed by atoms with van der Waals surface area (Å²) in [6, 6.07) is 11.5. The average Bonchev–Trinajstić information content (AvgIpc) is 2.60. The highest BCUT2D eigenvalue weighted by Crippen LogP contribution is 2.26. The zero-order valence-electron chi connectivity index (χ0n) is 16.3. The summed E-state index contributed by atoms with van der Waals surface area (Å²) >= 11 is 0. The maximum absolute atomic E-state index is 10.5. The third kappa shape index (κ3) is 5.48. The number of aliphatic hydroxyl groups is 1. The fourth-order valence-corrected chi connectivity index (χ4v) is 3.11. The molecule has 0 fully saturated rings. The first-order valence-electron chi connectivity index (χ1n) is 9.29. The van der Waals surface area contributed by atoms with Gasteiger partial charge in [-0.2, -0.15) is 0 Å². The third-order valence-electron chi connectivity index (χ3n) is 4.69. The highest BCUT2D eigenvalue weighted by Gasteiger charge is 2.15. The molecule has 0 aromatic heterocycles. The number of aromatic hydroxyl groups is 1. The van der Waals surface area contributed by atoms with Crippen LogP contribution in [0.25, 0.3) is 0 Å². The summed E-state index contributed by atoms with van der Waals surface area (Å²) in [4.78, 5) is 2.15. The number of hydrogen-bond acceptors (Lipinski definition) is 4. The second-order valence-corrected chi connectivity index (χ2v) is 6.98. The predicted octanol–water partition coefficient (Wildman–Crippen LogP) is 3.97. The molecular formula is C22H31NO3. The Morgan fingerprint density at radius 2 is 1.73 bits per heavy atom. The standard InChI is InChI=1S/C22H31NO3/c1-5-12-23(13-19-8-6-7-9-21(19)25)14-20(24)15-26-22-17(3)11-10-16(2)18(22)4/h6-11,20,24-25H,5,12-15H2,1-4H3. The molecule has 0 saturated carbocycles. The molecular weight excluding hydrogens is 326 g/mol. The van der Waals surface area contributed by atoms with E-state index < -0.39 is 6.10 Å². The molecule has 4 heteroatoms. The smallest absolute Gasteiger partial charge is 0.125 e. The van der Waals surface area contributed by atoms with E-state index >= 15 is 0 Å². The number of hydrogen-bond donors (Lipinski definition) is 2. The number of phenols is 1. The molecule has 2 N–H and O–H groups in total. The second kappa shape index (κ2) is 9.60. The molecule has 2 aromatic rings. The van der Waals surface area contributed by atoms with E-state index in [4.69, 9.17) is 4.74 Å². The number of phenolic OH excluding ortho intramolecular Hbond substituents is 1. The molecule has 0 spiro atoms. The topological polar surface area (TPSA) is 52.9 Å². The van der Waals surface area contributed by atoms with Gasteiger partial charge in [-0.1, -0.05) is 37.3 Å². The number of rotatable bonds is 9. The molecule has 0 amide bonds. The molecule has 4 nitrogen and oxygen atoms in total. The van der Waals surface area contributed by atoms with E-state index in [0.717, 1.165) is 35.4 Å². The second-order valence-electron chi connectivity index (χ2n) is 6.98. The first-order valence-corrected chi connectivity index (χ1v) is 9.29. The van der Waals surface area contributed by atoms with Crippen molar-refractivity contribution < 1.29 is 14.9 Å². The van der Waals surface area contributed by atoms with Crippen molar-refractivity contribution in [1.82, 2.24) is 4.90 Å². The quantitative estimate of drug-likeness (QED) is 0.713. The molecule has 2 rings (SSSR count). The average molecular weight is 357 g/mol. The van der Waals surface area contributed by atoms with Crippen molar-refractivity contribution >= 4 is 0 Å². The van der Waals surface area contributed by atoms with Crippen LogP contribution in [0.1, 0.15) is 35.6 Å². The van der Waals surface area contributed by atoms with Crippen molar-refractivity contribution in [3.05, 3.63) is 58.7 Å². The molecule has 0 aliphatic carbocycles. The lowest BCUT2D eigenvalue weighted by atomic mass is 10.1. The molecule has 26 heavy (non-hydrogen) atoms. The van der Waals surface area contributed by atoms with Gasteiger partial charge in [0, 0.05) is 18.7 Å². The van der Waals surface area contributed by atoms with Crippen LogP contribution in [-0.2, 0) is 6.54 Å². The maximum Gasteiger partial charge on any atom is 0.125 e. The van der Waals surface area contributed by atoms with Crippen LogP contribution in [0.3, 0.4) is 0 Å². The van der Waals surface area contributed by atoms with E-state index in [9.17, 15) is 10.2 Å². The Morgan fingerprint density at radius 3 is 2.42 bits per heavy atom. The number of para-hydroxylation sites is 1. The van der Waals surface area contributed by atoms with Crippen LogP contribution in [-0.4, -0.2) is 40.9 Å². The molecule has 0 heterocycles. The lowest BCUT2D eigenvalue weighted by molar-refractivity contribution is 0.0648. The molecule has 1 unspecified atom stereocenters. The highest BCUT2D eigenvalue weighted by atomic mass is 16.5. The van der Waals surface area contributed by atoms with Gasteiger partial charge < -0.3 is 14.9 Å². The largest absolute Gasteiger partial charge is 0.508 e. The van der Waals surface area contributed by atoms with Gasteiger partial charge in [0.05, 0.1) is 0 Å². The molecule has 142 valence electrons. The minimum Gasteiger partial charge on any atom is -0.508 e.